The fourth-order valence-electron chi connectivity index (χ4n) is 3.69. The number of hydrogen-bond donors (Lipinski definition) is 1. The van der Waals surface area contributed by atoms with Gasteiger partial charge in [0.15, 0.2) is 0 Å². The number of anilines is 1. The number of amides is 1. The molecule has 34 heavy (non-hydrogen) atoms. The number of aromatic nitrogens is 5. The first kappa shape index (κ1) is 21.4. The number of alkyl halides is 3. The molecule has 0 unspecified atom stereocenters. The van der Waals surface area contributed by atoms with Crippen LogP contribution >= 0.6 is 0 Å². The van der Waals surface area contributed by atoms with E-state index in [-0.39, 0.29) is 16.8 Å². The second-order valence-corrected chi connectivity index (χ2v) is 7.55. The summed E-state index contributed by atoms with van der Waals surface area (Å²) in [4.78, 5) is 22.0. The molecule has 1 N–H and O–H groups in total. The summed E-state index contributed by atoms with van der Waals surface area (Å²) < 4.78 is 43.9. The molecule has 0 saturated carbocycles. The van der Waals surface area contributed by atoms with E-state index in [9.17, 15) is 18.0 Å². The van der Waals surface area contributed by atoms with Gasteiger partial charge in [0.2, 0.25) is 5.78 Å². The molecule has 10 heteroatoms. The number of rotatable bonds is 4. The Labute approximate surface area is 191 Å². The molecule has 3 heterocycles. The maximum absolute atomic E-state index is 13.6. The predicted molar refractivity (Wildman–Crippen MR) is 120 cm³/mol. The van der Waals surface area contributed by atoms with Gasteiger partial charge in [-0.3, -0.25) is 13.9 Å². The third-order valence-electron chi connectivity index (χ3n) is 5.26. The van der Waals surface area contributed by atoms with Crippen molar-refractivity contribution in [3.05, 3.63) is 90.4 Å². The van der Waals surface area contributed by atoms with Gasteiger partial charge in [-0.15, -0.1) is 0 Å². The molecule has 5 rings (SSSR count). The Hall–Kier alpha value is -4.47. The Morgan fingerprint density at radius 3 is 2.50 bits per heavy atom. The number of nitrogens with zero attached hydrogens (tertiary/aromatic N) is 5. The van der Waals surface area contributed by atoms with Crippen LogP contribution in [0.1, 0.15) is 15.9 Å². The molecule has 170 valence electrons. The van der Waals surface area contributed by atoms with Gasteiger partial charge in [0, 0.05) is 42.3 Å². The van der Waals surface area contributed by atoms with Crippen LogP contribution in [0.25, 0.3) is 28.3 Å². The zero-order valence-electron chi connectivity index (χ0n) is 17.8. The van der Waals surface area contributed by atoms with Gasteiger partial charge in [-0.05, 0) is 30.3 Å². The molecule has 2 aromatic carbocycles. The lowest BCUT2D eigenvalue weighted by molar-refractivity contribution is -0.137. The van der Waals surface area contributed by atoms with Crippen molar-refractivity contribution >= 4 is 17.5 Å². The lowest BCUT2D eigenvalue weighted by Gasteiger charge is -2.13. The van der Waals surface area contributed by atoms with Crippen molar-refractivity contribution in [1.29, 1.82) is 0 Å². The van der Waals surface area contributed by atoms with Crippen LogP contribution < -0.4 is 5.32 Å². The molecule has 0 atom stereocenters. The number of imidazole rings is 1. The number of fused-ring (bicyclic) bond motifs is 1. The Kier molecular flexibility index (Phi) is 5.12. The largest absolute Gasteiger partial charge is 0.417 e. The molecule has 0 bridgehead atoms. The van der Waals surface area contributed by atoms with Crippen LogP contribution in [0.4, 0.5) is 19.0 Å². The summed E-state index contributed by atoms with van der Waals surface area (Å²) in [6, 6.07) is 15.6. The van der Waals surface area contributed by atoms with E-state index in [1.807, 2.05) is 30.3 Å². The average molecular weight is 462 g/mol. The molecule has 7 nitrogen and oxygen atoms in total. The summed E-state index contributed by atoms with van der Waals surface area (Å²) in [6.45, 7) is 0. The molecule has 3 aromatic heterocycles. The van der Waals surface area contributed by atoms with E-state index in [0.717, 1.165) is 17.7 Å². The van der Waals surface area contributed by atoms with E-state index in [0.29, 0.717) is 17.3 Å². The zero-order valence-corrected chi connectivity index (χ0v) is 17.8. The van der Waals surface area contributed by atoms with Crippen molar-refractivity contribution in [2.24, 2.45) is 7.05 Å². The second kappa shape index (κ2) is 8.14. The van der Waals surface area contributed by atoms with E-state index >= 15 is 0 Å². The first-order valence-corrected chi connectivity index (χ1v) is 10.2. The summed E-state index contributed by atoms with van der Waals surface area (Å²) in [6.07, 6.45) is 0.219. The number of benzene rings is 2. The second-order valence-electron chi connectivity index (χ2n) is 7.55. The summed E-state index contributed by atoms with van der Waals surface area (Å²) >= 11 is 0. The molecular weight excluding hydrogens is 445 g/mol. The molecule has 1 amide bonds. The molecular formula is C24H17F3N6O. The minimum atomic E-state index is -4.60. The SMILES string of the molecule is Cn1ccc(-c2cc(C(=O)Nc3c(-c4ccccc4)nc4ncccn34)ccc2C(F)(F)F)n1. The topological polar surface area (TPSA) is 77.1 Å². The quantitative estimate of drug-likeness (QED) is 0.405. The van der Waals surface area contributed by atoms with Crippen LogP contribution in [0, 0.1) is 0 Å². The number of aryl methyl sites for hydroxylation is 1. The number of hydrogen-bond acceptors (Lipinski definition) is 4. The van der Waals surface area contributed by atoms with Gasteiger partial charge < -0.3 is 5.32 Å². The van der Waals surface area contributed by atoms with Crippen molar-refractivity contribution in [3.8, 4) is 22.5 Å². The molecule has 0 spiro atoms. The highest BCUT2D eigenvalue weighted by atomic mass is 19.4. The van der Waals surface area contributed by atoms with Crippen LogP contribution in [-0.4, -0.2) is 30.1 Å². The summed E-state index contributed by atoms with van der Waals surface area (Å²) in [5, 5.41) is 6.89. The van der Waals surface area contributed by atoms with E-state index < -0.39 is 17.6 Å². The Balaban J connectivity index is 1.58. The monoisotopic (exact) mass is 462 g/mol. The van der Waals surface area contributed by atoms with Crippen molar-refractivity contribution < 1.29 is 18.0 Å². The highest BCUT2D eigenvalue weighted by molar-refractivity contribution is 6.06. The van der Waals surface area contributed by atoms with Crippen molar-refractivity contribution in [2.75, 3.05) is 5.32 Å². The lowest BCUT2D eigenvalue weighted by atomic mass is 10.0. The molecule has 0 saturated heterocycles. The highest BCUT2D eigenvalue weighted by Crippen LogP contribution is 2.37. The normalized spacial score (nSPS) is 11.6. The van der Waals surface area contributed by atoms with E-state index in [1.165, 1.54) is 16.8 Å². The van der Waals surface area contributed by atoms with Gasteiger partial charge >= 0.3 is 6.18 Å². The van der Waals surface area contributed by atoms with Gasteiger partial charge in [-0.2, -0.15) is 18.3 Å². The summed E-state index contributed by atoms with van der Waals surface area (Å²) in [5.41, 5.74) is 0.366. The third-order valence-corrected chi connectivity index (χ3v) is 5.26. The highest BCUT2D eigenvalue weighted by Gasteiger charge is 2.34. The average Bonchev–Trinajstić information content (AvgIpc) is 3.42. The Morgan fingerprint density at radius 2 is 1.79 bits per heavy atom. The van der Waals surface area contributed by atoms with Gasteiger partial charge in [0.1, 0.15) is 11.5 Å². The molecule has 0 aliphatic heterocycles. The van der Waals surface area contributed by atoms with Crippen molar-refractivity contribution in [3.63, 3.8) is 0 Å². The van der Waals surface area contributed by atoms with E-state index in [4.69, 9.17) is 0 Å². The Bertz CT molecular complexity index is 1500. The predicted octanol–water partition coefficient (Wildman–Crippen LogP) is 5.07. The minimum absolute atomic E-state index is 0.0477. The first-order valence-electron chi connectivity index (χ1n) is 10.2. The number of nitrogens with one attached hydrogen (secondary N) is 1. The van der Waals surface area contributed by atoms with Crippen LogP contribution in [-0.2, 0) is 13.2 Å². The fraction of sp³-hybridized carbons (Fsp3) is 0.0833. The van der Waals surface area contributed by atoms with E-state index in [2.05, 4.69) is 20.4 Å². The number of halogens is 3. The molecule has 0 aliphatic rings. The van der Waals surface area contributed by atoms with Gasteiger partial charge in [-0.1, -0.05) is 30.3 Å². The summed E-state index contributed by atoms with van der Waals surface area (Å²) in [5.74, 6) is 0.144. The van der Waals surface area contributed by atoms with Gasteiger partial charge in [0.25, 0.3) is 5.91 Å². The first-order chi connectivity index (χ1) is 16.3. The number of carbonyl (C=O) groups excluding carboxylic acids is 1. The molecule has 5 aromatic rings. The minimum Gasteiger partial charge on any atom is -0.306 e. The van der Waals surface area contributed by atoms with Crippen molar-refractivity contribution in [2.45, 2.75) is 6.18 Å². The maximum atomic E-state index is 13.6. The summed E-state index contributed by atoms with van der Waals surface area (Å²) in [7, 11) is 1.61. The lowest BCUT2D eigenvalue weighted by Crippen LogP contribution is -2.16. The molecule has 0 radical (unpaired) electrons. The smallest absolute Gasteiger partial charge is 0.306 e. The van der Waals surface area contributed by atoms with Crippen LogP contribution in [0.2, 0.25) is 0 Å². The van der Waals surface area contributed by atoms with Gasteiger partial charge in [0.05, 0.1) is 11.3 Å². The molecule has 0 fully saturated rings. The van der Waals surface area contributed by atoms with Crippen LogP contribution in [0.3, 0.4) is 0 Å². The maximum Gasteiger partial charge on any atom is 0.417 e. The fourth-order valence-corrected chi connectivity index (χ4v) is 3.69. The van der Waals surface area contributed by atoms with E-state index in [1.54, 1.807) is 36.1 Å². The standard InChI is InChI=1S/C24H17F3N6O/c1-32-13-10-19(31-32)17-14-16(8-9-18(17)24(25,26)27)22(34)30-21-20(15-6-3-2-4-7-15)29-23-28-11-5-12-33(21)23/h2-14H,1H3,(H,30,34). The van der Waals surface area contributed by atoms with Crippen LogP contribution in [0.5, 0.6) is 0 Å². The zero-order chi connectivity index (χ0) is 23.9. The molecule has 0 aliphatic carbocycles. The number of carbonyl (C=O) groups is 1. The van der Waals surface area contributed by atoms with Crippen molar-refractivity contribution in [1.82, 2.24) is 24.1 Å². The van der Waals surface area contributed by atoms with Gasteiger partial charge in [-0.25, -0.2) is 9.97 Å². The third kappa shape index (κ3) is 3.90. The van der Waals surface area contributed by atoms with Crippen LogP contribution in [0.15, 0.2) is 79.3 Å². The Morgan fingerprint density at radius 1 is 1.00 bits per heavy atom.